The highest BCUT2D eigenvalue weighted by atomic mass is 32.1. The zero-order chi connectivity index (χ0) is 13.7. The molecule has 0 saturated heterocycles. The van der Waals surface area contributed by atoms with E-state index in [1.165, 1.54) is 0 Å². The number of amides is 1. The van der Waals surface area contributed by atoms with Crippen molar-refractivity contribution in [2.24, 2.45) is 0 Å². The van der Waals surface area contributed by atoms with E-state index in [1.807, 2.05) is 49.4 Å². The van der Waals surface area contributed by atoms with Crippen molar-refractivity contribution < 1.29 is 4.79 Å². The Morgan fingerprint density at radius 2 is 2.11 bits per heavy atom. The Morgan fingerprint density at radius 1 is 1.44 bits per heavy atom. The van der Waals surface area contributed by atoms with Crippen molar-refractivity contribution in [3.8, 4) is 0 Å². The highest BCUT2D eigenvalue weighted by Gasteiger charge is 2.23. The Hall–Kier alpha value is -0.940. The van der Waals surface area contributed by atoms with Gasteiger partial charge >= 0.3 is 0 Å². The monoisotopic (exact) mass is 269 g/mol. The summed E-state index contributed by atoms with van der Waals surface area (Å²) in [4.78, 5) is 20.4. The third-order valence-electron chi connectivity index (χ3n) is 3.09. The molecule has 4 nitrogen and oxygen atoms in total. The van der Waals surface area contributed by atoms with Gasteiger partial charge in [-0.25, -0.2) is 4.98 Å². The molecule has 18 heavy (non-hydrogen) atoms. The third kappa shape index (κ3) is 3.78. The molecule has 1 heterocycles. The molecule has 2 unspecified atom stereocenters. The summed E-state index contributed by atoms with van der Waals surface area (Å²) in [6, 6.07) is -0.0292. The van der Waals surface area contributed by atoms with E-state index in [-0.39, 0.29) is 11.9 Å². The van der Waals surface area contributed by atoms with Crippen molar-refractivity contribution in [3.63, 3.8) is 0 Å². The Bertz CT molecular complexity index is 364. The van der Waals surface area contributed by atoms with Gasteiger partial charge < -0.3 is 4.90 Å². The van der Waals surface area contributed by atoms with Gasteiger partial charge in [0.2, 0.25) is 5.91 Å². The number of carbonyl (C=O) groups excluding carboxylic acids is 1. The van der Waals surface area contributed by atoms with Gasteiger partial charge in [-0.15, -0.1) is 11.3 Å². The molecule has 0 fully saturated rings. The maximum Gasteiger partial charge on any atom is 0.239 e. The number of rotatable bonds is 6. The van der Waals surface area contributed by atoms with Crippen LogP contribution in [0.5, 0.6) is 0 Å². The Morgan fingerprint density at radius 3 is 2.56 bits per heavy atom. The molecule has 1 aromatic rings. The molecule has 0 bridgehead atoms. The molecule has 0 aliphatic rings. The highest BCUT2D eigenvalue weighted by Crippen LogP contribution is 2.19. The van der Waals surface area contributed by atoms with Crippen molar-refractivity contribution in [1.82, 2.24) is 14.8 Å². The summed E-state index contributed by atoms with van der Waals surface area (Å²) in [5.74, 6) is 0.476. The van der Waals surface area contributed by atoms with E-state index in [4.69, 9.17) is 0 Å². The van der Waals surface area contributed by atoms with Gasteiger partial charge in [0.25, 0.3) is 0 Å². The van der Waals surface area contributed by atoms with E-state index in [0.717, 1.165) is 18.0 Å². The number of carbonyl (C=O) groups is 1. The minimum Gasteiger partial charge on any atom is -0.344 e. The van der Waals surface area contributed by atoms with Crippen molar-refractivity contribution in [2.45, 2.75) is 32.2 Å². The van der Waals surface area contributed by atoms with Gasteiger partial charge in [-0.2, -0.15) is 0 Å². The molecule has 0 radical (unpaired) electrons. The predicted molar refractivity (Wildman–Crippen MR) is 75.9 cm³/mol. The zero-order valence-electron chi connectivity index (χ0n) is 11.9. The molecule has 102 valence electrons. The van der Waals surface area contributed by atoms with Crippen LogP contribution in [-0.4, -0.2) is 54.4 Å². The van der Waals surface area contributed by atoms with Gasteiger partial charge in [-0.3, -0.25) is 9.69 Å². The van der Waals surface area contributed by atoms with E-state index in [1.54, 1.807) is 11.3 Å². The second-order valence-corrected chi connectivity index (χ2v) is 5.80. The summed E-state index contributed by atoms with van der Waals surface area (Å²) in [6.07, 6.45) is 2.65. The van der Waals surface area contributed by atoms with Crippen molar-refractivity contribution in [3.05, 3.63) is 16.6 Å². The van der Waals surface area contributed by atoms with Gasteiger partial charge in [-0.1, -0.05) is 13.8 Å². The van der Waals surface area contributed by atoms with E-state index < -0.39 is 0 Å². The molecule has 1 rings (SSSR count). The van der Waals surface area contributed by atoms with Gasteiger partial charge in [-0.05, 0) is 20.5 Å². The van der Waals surface area contributed by atoms with Crippen LogP contribution >= 0.6 is 11.3 Å². The number of aromatic nitrogens is 1. The van der Waals surface area contributed by atoms with Crippen LogP contribution in [0.4, 0.5) is 0 Å². The number of nitrogens with zero attached hydrogens (tertiary/aromatic N) is 3. The SMILES string of the molecule is CCC(C(=O)N(C)CC(C)c1nccs1)N(C)C. The summed E-state index contributed by atoms with van der Waals surface area (Å²) in [5.41, 5.74) is 0. The minimum atomic E-state index is -0.0292. The van der Waals surface area contributed by atoms with E-state index in [9.17, 15) is 4.79 Å². The molecule has 5 heteroatoms. The van der Waals surface area contributed by atoms with Crippen molar-refractivity contribution in [2.75, 3.05) is 27.7 Å². The molecule has 0 aromatic carbocycles. The molecule has 0 spiro atoms. The second-order valence-electron chi connectivity index (χ2n) is 4.88. The lowest BCUT2D eigenvalue weighted by molar-refractivity contribution is -0.135. The summed E-state index contributed by atoms with van der Waals surface area (Å²) in [7, 11) is 5.77. The van der Waals surface area contributed by atoms with Gasteiger partial charge in [0.05, 0.1) is 11.0 Å². The summed E-state index contributed by atoms with van der Waals surface area (Å²) < 4.78 is 0. The zero-order valence-corrected chi connectivity index (χ0v) is 12.7. The lowest BCUT2D eigenvalue weighted by Gasteiger charge is -2.28. The van der Waals surface area contributed by atoms with Crippen molar-refractivity contribution in [1.29, 1.82) is 0 Å². The third-order valence-corrected chi connectivity index (χ3v) is 4.10. The lowest BCUT2D eigenvalue weighted by Crippen LogP contribution is -2.45. The summed E-state index contributed by atoms with van der Waals surface area (Å²) in [6.45, 7) is 4.87. The average molecular weight is 269 g/mol. The van der Waals surface area contributed by atoms with E-state index >= 15 is 0 Å². The highest BCUT2D eigenvalue weighted by molar-refractivity contribution is 7.09. The molecular formula is C13H23N3OS. The predicted octanol–water partition coefficient (Wildman–Crippen LogP) is 2.05. The van der Waals surface area contributed by atoms with Gasteiger partial charge in [0.15, 0.2) is 0 Å². The minimum absolute atomic E-state index is 0.0292. The molecule has 0 saturated carbocycles. The number of hydrogen-bond donors (Lipinski definition) is 0. The fourth-order valence-corrected chi connectivity index (χ4v) is 2.76. The van der Waals surface area contributed by atoms with Crippen LogP contribution in [0.15, 0.2) is 11.6 Å². The van der Waals surface area contributed by atoms with Crippen LogP contribution in [0.3, 0.4) is 0 Å². The van der Waals surface area contributed by atoms with Crippen molar-refractivity contribution >= 4 is 17.2 Å². The Balaban J connectivity index is 2.59. The summed E-state index contributed by atoms with van der Waals surface area (Å²) in [5, 5.41) is 3.06. The topological polar surface area (TPSA) is 36.4 Å². The fourth-order valence-electron chi connectivity index (χ4n) is 2.07. The van der Waals surface area contributed by atoms with Crippen LogP contribution in [0.25, 0.3) is 0 Å². The molecule has 0 aliphatic heterocycles. The van der Waals surface area contributed by atoms with Crippen LogP contribution < -0.4 is 0 Å². The van der Waals surface area contributed by atoms with Crippen LogP contribution in [-0.2, 0) is 4.79 Å². The Kier molecular flexibility index (Phi) is 5.75. The Labute approximate surface area is 114 Å². The molecule has 1 amide bonds. The number of likely N-dealkylation sites (N-methyl/N-ethyl adjacent to an activating group) is 2. The van der Waals surface area contributed by atoms with E-state index in [2.05, 4.69) is 11.9 Å². The van der Waals surface area contributed by atoms with Gasteiger partial charge in [0, 0.05) is 31.1 Å². The normalized spacial score (nSPS) is 14.6. The first-order valence-electron chi connectivity index (χ1n) is 6.28. The largest absolute Gasteiger partial charge is 0.344 e. The standard InChI is InChI=1S/C13H23N3OS/c1-6-11(15(3)4)13(17)16(5)9-10(2)12-14-7-8-18-12/h7-8,10-11H,6,9H2,1-5H3. The quantitative estimate of drug-likeness (QED) is 0.793. The average Bonchev–Trinajstić information content (AvgIpc) is 2.82. The molecule has 0 aliphatic carbocycles. The smallest absolute Gasteiger partial charge is 0.239 e. The molecule has 2 atom stereocenters. The maximum atomic E-state index is 12.3. The first kappa shape index (κ1) is 15.1. The molecule has 0 N–H and O–H groups in total. The first-order valence-corrected chi connectivity index (χ1v) is 7.16. The van der Waals surface area contributed by atoms with Crippen LogP contribution in [0, 0.1) is 0 Å². The first-order chi connectivity index (χ1) is 8.47. The fraction of sp³-hybridized carbons (Fsp3) is 0.692. The number of thiazole rings is 1. The maximum absolute atomic E-state index is 12.3. The summed E-state index contributed by atoms with van der Waals surface area (Å²) >= 11 is 1.65. The van der Waals surface area contributed by atoms with Crippen LogP contribution in [0.1, 0.15) is 31.2 Å². The molecular weight excluding hydrogens is 246 g/mol. The second kappa shape index (κ2) is 6.85. The van der Waals surface area contributed by atoms with Gasteiger partial charge in [0.1, 0.15) is 0 Å². The lowest BCUT2D eigenvalue weighted by atomic mass is 10.1. The number of hydrogen-bond acceptors (Lipinski definition) is 4. The molecule has 1 aromatic heterocycles. The van der Waals surface area contributed by atoms with Crippen LogP contribution in [0.2, 0.25) is 0 Å². The van der Waals surface area contributed by atoms with E-state index in [0.29, 0.717) is 5.92 Å².